The Labute approximate surface area is 161 Å². The molecule has 0 bridgehead atoms. The van der Waals surface area contributed by atoms with Crippen LogP contribution < -0.4 is 4.74 Å². The van der Waals surface area contributed by atoms with Crippen molar-refractivity contribution in [1.82, 2.24) is 14.4 Å². The lowest BCUT2D eigenvalue weighted by Crippen LogP contribution is -2.46. The van der Waals surface area contributed by atoms with Gasteiger partial charge in [0, 0.05) is 44.8 Å². The molecule has 0 unspecified atom stereocenters. The van der Waals surface area contributed by atoms with Gasteiger partial charge in [0.25, 0.3) is 5.91 Å². The molecule has 0 aliphatic carbocycles. The maximum absolute atomic E-state index is 12.8. The summed E-state index contributed by atoms with van der Waals surface area (Å²) < 4.78 is 7.79. The van der Waals surface area contributed by atoms with E-state index in [1.807, 2.05) is 60.3 Å². The van der Waals surface area contributed by atoms with E-state index in [9.17, 15) is 4.79 Å². The number of carbonyl (C=O) groups is 1. The third kappa shape index (κ3) is 4.03. The van der Waals surface area contributed by atoms with Gasteiger partial charge < -0.3 is 14.2 Å². The van der Waals surface area contributed by atoms with Gasteiger partial charge >= 0.3 is 0 Å². The number of piperidine rings is 1. The van der Waals surface area contributed by atoms with Crippen molar-refractivity contribution in [3.05, 3.63) is 54.4 Å². The standard InChI is InChI=1S/C22H29N3O2/c1-23-12-5-9-20(23)21(26)25-14-11-22(18-25)10-6-13-24(17-22)15-16-27-19-7-3-2-4-8-19/h2-5,7-9,12H,6,10-11,13-18H2,1H3/t22-/m0/s1. The predicted molar refractivity (Wildman–Crippen MR) is 106 cm³/mol. The second-order valence-electron chi connectivity index (χ2n) is 8.02. The number of nitrogens with zero attached hydrogens (tertiary/aromatic N) is 3. The van der Waals surface area contributed by atoms with Gasteiger partial charge in [0.2, 0.25) is 0 Å². The highest BCUT2D eigenvalue weighted by atomic mass is 16.5. The lowest BCUT2D eigenvalue weighted by Gasteiger charge is -2.40. The molecule has 144 valence electrons. The van der Waals surface area contributed by atoms with E-state index in [0.717, 1.165) is 50.6 Å². The predicted octanol–water partition coefficient (Wildman–Crippen LogP) is 3.03. The highest BCUT2D eigenvalue weighted by molar-refractivity contribution is 5.93. The number of rotatable bonds is 5. The van der Waals surface area contributed by atoms with Gasteiger partial charge in [0.1, 0.15) is 18.1 Å². The molecule has 2 fully saturated rings. The Morgan fingerprint density at radius 3 is 2.70 bits per heavy atom. The molecule has 5 nitrogen and oxygen atoms in total. The average Bonchev–Trinajstić information content (AvgIpc) is 3.29. The largest absolute Gasteiger partial charge is 0.492 e. The molecule has 1 atom stereocenters. The lowest BCUT2D eigenvalue weighted by molar-refractivity contribution is 0.0652. The van der Waals surface area contributed by atoms with E-state index in [0.29, 0.717) is 6.61 Å². The molecule has 5 heteroatoms. The highest BCUT2D eigenvalue weighted by Crippen LogP contribution is 2.39. The molecule has 0 N–H and O–H groups in total. The number of ether oxygens (including phenoxy) is 1. The van der Waals surface area contributed by atoms with Crippen molar-refractivity contribution in [3.8, 4) is 5.75 Å². The van der Waals surface area contributed by atoms with Gasteiger partial charge in [-0.25, -0.2) is 0 Å². The van der Waals surface area contributed by atoms with E-state index >= 15 is 0 Å². The molecule has 1 aromatic carbocycles. The first-order valence-corrected chi connectivity index (χ1v) is 9.96. The van der Waals surface area contributed by atoms with Crippen LogP contribution in [-0.4, -0.2) is 59.6 Å². The third-order valence-electron chi connectivity index (χ3n) is 6.05. The zero-order chi connectivity index (χ0) is 18.7. The van der Waals surface area contributed by atoms with Gasteiger partial charge in [-0.05, 0) is 50.1 Å². The minimum Gasteiger partial charge on any atom is -0.492 e. The summed E-state index contributed by atoms with van der Waals surface area (Å²) in [6.45, 7) is 5.62. The van der Waals surface area contributed by atoms with Crippen LogP contribution in [0.1, 0.15) is 29.8 Å². The first kappa shape index (κ1) is 18.1. The van der Waals surface area contributed by atoms with E-state index in [1.54, 1.807) is 0 Å². The normalized spacial score (nSPS) is 23.1. The van der Waals surface area contributed by atoms with Crippen molar-refractivity contribution in [2.45, 2.75) is 19.3 Å². The Bertz CT molecular complexity index is 773. The monoisotopic (exact) mass is 367 g/mol. The second kappa shape index (κ2) is 7.77. The highest BCUT2D eigenvalue weighted by Gasteiger charge is 2.43. The summed E-state index contributed by atoms with van der Waals surface area (Å²) in [6.07, 6.45) is 5.48. The summed E-state index contributed by atoms with van der Waals surface area (Å²) in [5, 5.41) is 0. The van der Waals surface area contributed by atoms with Gasteiger partial charge in [-0.3, -0.25) is 9.69 Å². The van der Waals surface area contributed by atoms with Crippen LogP contribution in [0.3, 0.4) is 0 Å². The number of benzene rings is 1. The Morgan fingerprint density at radius 1 is 1.07 bits per heavy atom. The summed E-state index contributed by atoms with van der Waals surface area (Å²) in [7, 11) is 1.94. The van der Waals surface area contributed by atoms with Gasteiger partial charge in [-0.1, -0.05) is 18.2 Å². The molecule has 0 saturated carbocycles. The summed E-state index contributed by atoms with van der Waals surface area (Å²) in [6, 6.07) is 13.9. The average molecular weight is 367 g/mol. The number of carbonyl (C=O) groups excluding carboxylic acids is 1. The quantitative estimate of drug-likeness (QED) is 0.815. The van der Waals surface area contributed by atoms with Gasteiger partial charge in [-0.2, -0.15) is 0 Å². The fraction of sp³-hybridized carbons (Fsp3) is 0.500. The molecule has 27 heavy (non-hydrogen) atoms. The van der Waals surface area contributed by atoms with Crippen molar-refractivity contribution < 1.29 is 9.53 Å². The zero-order valence-corrected chi connectivity index (χ0v) is 16.1. The van der Waals surface area contributed by atoms with Crippen molar-refractivity contribution in [2.75, 3.05) is 39.3 Å². The number of hydrogen-bond donors (Lipinski definition) is 0. The van der Waals surface area contributed by atoms with Gasteiger partial charge in [0.05, 0.1) is 0 Å². The molecule has 2 aliphatic heterocycles. The fourth-order valence-electron chi connectivity index (χ4n) is 4.60. The Morgan fingerprint density at radius 2 is 1.93 bits per heavy atom. The maximum atomic E-state index is 12.8. The van der Waals surface area contributed by atoms with Gasteiger partial charge in [0.15, 0.2) is 0 Å². The number of aryl methyl sites for hydroxylation is 1. The van der Waals surface area contributed by atoms with Crippen molar-refractivity contribution >= 4 is 5.91 Å². The molecule has 1 aromatic heterocycles. The van der Waals surface area contributed by atoms with Gasteiger partial charge in [-0.15, -0.1) is 0 Å². The van der Waals surface area contributed by atoms with Crippen LogP contribution in [0.2, 0.25) is 0 Å². The number of amides is 1. The number of para-hydroxylation sites is 1. The van der Waals surface area contributed by atoms with E-state index in [1.165, 1.54) is 12.8 Å². The molecule has 2 aliphatic rings. The molecule has 1 spiro atoms. The molecule has 1 amide bonds. The summed E-state index contributed by atoms with van der Waals surface area (Å²) in [5.41, 5.74) is 1.04. The van der Waals surface area contributed by atoms with Crippen LogP contribution in [-0.2, 0) is 7.05 Å². The van der Waals surface area contributed by atoms with Crippen LogP contribution in [0.25, 0.3) is 0 Å². The molecule has 3 heterocycles. The summed E-state index contributed by atoms with van der Waals surface area (Å²) in [5.74, 6) is 1.10. The van der Waals surface area contributed by atoms with E-state index in [-0.39, 0.29) is 11.3 Å². The van der Waals surface area contributed by atoms with Crippen LogP contribution in [0.5, 0.6) is 5.75 Å². The zero-order valence-electron chi connectivity index (χ0n) is 16.1. The first-order valence-electron chi connectivity index (χ1n) is 9.96. The maximum Gasteiger partial charge on any atom is 0.270 e. The number of hydrogen-bond acceptors (Lipinski definition) is 3. The SMILES string of the molecule is Cn1cccc1C(=O)N1CC[C@]2(CCCN(CCOc3ccccc3)C2)C1. The Balaban J connectivity index is 1.31. The molecular formula is C22H29N3O2. The first-order chi connectivity index (χ1) is 13.2. The van der Waals surface area contributed by atoms with Crippen LogP contribution in [0, 0.1) is 5.41 Å². The van der Waals surface area contributed by atoms with E-state index in [2.05, 4.69) is 9.80 Å². The van der Waals surface area contributed by atoms with Crippen LogP contribution in [0.4, 0.5) is 0 Å². The van der Waals surface area contributed by atoms with Crippen molar-refractivity contribution in [1.29, 1.82) is 0 Å². The second-order valence-corrected chi connectivity index (χ2v) is 8.02. The Hall–Kier alpha value is -2.27. The summed E-state index contributed by atoms with van der Waals surface area (Å²) in [4.78, 5) is 17.4. The molecular weight excluding hydrogens is 338 g/mol. The topological polar surface area (TPSA) is 37.7 Å². The smallest absolute Gasteiger partial charge is 0.270 e. The van der Waals surface area contributed by atoms with E-state index in [4.69, 9.17) is 4.74 Å². The lowest BCUT2D eigenvalue weighted by atomic mass is 9.79. The molecule has 4 rings (SSSR count). The summed E-state index contributed by atoms with van der Waals surface area (Å²) >= 11 is 0. The number of aromatic nitrogens is 1. The van der Waals surface area contributed by atoms with Crippen LogP contribution >= 0.6 is 0 Å². The van der Waals surface area contributed by atoms with Crippen molar-refractivity contribution in [3.63, 3.8) is 0 Å². The molecule has 2 saturated heterocycles. The molecule has 0 radical (unpaired) electrons. The van der Waals surface area contributed by atoms with Crippen molar-refractivity contribution in [2.24, 2.45) is 12.5 Å². The Kier molecular flexibility index (Phi) is 5.21. The molecule has 2 aromatic rings. The number of likely N-dealkylation sites (tertiary alicyclic amines) is 2. The minimum atomic E-state index is 0.170. The minimum absolute atomic E-state index is 0.170. The third-order valence-corrected chi connectivity index (χ3v) is 6.05. The van der Waals surface area contributed by atoms with Crippen LogP contribution in [0.15, 0.2) is 48.7 Å². The fourth-order valence-corrected chi connectivity index (χ4v) is 4.60. The van der Waals surface area contributed by atoms with E-state index < -0.39 is 0 Å².